The zero-order valence-corrected chi connectivity index (χ0v) is 8.79. The fraction of sp³-hybridized carbons (Fsp3) is 0. The molecule has 0 radical (unpaired) electrons. The quantitative estimate of drug-likeness (QED) is 0.659. The van der Waals surface area contributed by atoms with E-state index in [2.05, 4.69) is 0 Å². The third-order valence-corrected chi connectivity index (χ3v) is 2.72. The van der Waals surface area contributed by atoms with Gasteiger partial charge in [-0.15, -0.1) is 0 Å². The third-order valence-electron chi connectivity index (χ3n) is 1.38. The number of anilines is 1. The molecule has 0 fully saturated rings. The van der Waals surface area contributed by atoms with Gasteiger partial charge in [-0.2, -0.15) is 16.8 Å². The molecule has 1 aromatic carbocycles. The summed E-state index contributed by atoms with van der Waals surface area (Å²) in [6.45, 7) is 0. The maximum atomic E-state index is 10.7. The molecule has 0 saturated heterocycles. The first kappa shape index (κ1) is 11.9. The van der Waals surface area contributed by atoms with E-state index < -0.39 is 25.3 Å². The van der Waals surface area contributed by atoms with Crippen LogP contribution in [0.5, 0.6) is 0 Å². The van der Waals surface area contributed by atoms with Gasteiger partial charge in [-0.25, -0.2) is 0 Å². The van der Waals surface area contributed by atoms with Crippen molar-refractivity contribution in [1.82, 2.24) is 0 Å². The zero-order chi connectivity index (χ0) is 11.7. The summed E-state index contributed by atoms with van der Waals surface area (Å²) in [7, 11) is -8.86. The molecule has 0 unspecified atom stereocenters. The Balaban J connectivity index is 3.15. The molecule has 15 heavy (non-hydrogen) atoms. The van der Waals surface area contributed by atoms with Crippen molar-refractivity contribution in [3.8, 4) is 0 Å². The van der Waals surface area contributed by atoms with Crippen molar-refractivity contribution in [2.45, 2.75) is 4.90 Å². The monoisotopic (exact) mass is 253 g/mol. The first-order valence-corrected chi connectivity index (χ1v) is 6.39. The molecule has 0 atom stereocenters. The second kappa shape index (κ2) is 3.77. The first-order valence-electron chi connectivity index (χ1n) is 3.51. The zero-order valence-electron chi connectivity index (χ0n) is 7.15. The highest BCUT2D eigenvalue weighted by Crippen LogP contribution is 2.15. The molecule has 0 bridgehead atoms. The van der Waals surface area contributed by atoms with Crippen molar-refractivity contribution in [3.63, 3.8) is 0 Å². The fourth-order valence-electron chi connectivity index (χ4n) is 0.869. The maximum Gasteiger partial charge on any atom is 0.357 e. The van der Waals surface area contributed by atoms with E-state index >= 15 is 0 Å². The lowest BCUT2D eigenvalue weighted by atomic mass is 10.3. The molecule has 0 spiro atoms. The average Bonchev–Trinajstić information content (AvgIpc) is 1.99. The van der Waals surface area contributed by atoms with Gasteiger partial charge in [0.05, 0.1) is 10.6 Å². The topological polar surface area (TPSA) is 121 Å². The van der Waals surface area contributed by atoms with E-state index in [0.717, 1.165) is 12.1 Å². The molecule has 0 aliphatic rings. The van der Waals surface area contributed by atoms with E-state index in [-0.39, 0.29) is 5.69 Å². The van der Waals surface area contributed by atoms with Crippen LogP contribution in [-0.2, 0) is 20.4 Å². The number of rotatable bonds is 3. The first-order chi connectivity index (χ1) is 6.68. The Morgan fingerprint density at radius 3 is 2.13 bits per heavy atom. The normalized spacial score (nSPS) is 12.4. The van der Waals surface area contributed by atoms with Gasteiger partial charge in [0.15, 0.2) is 0 Å². The Bertz CT molecular complexity index is 561. The van der Waals surface area contributed by atoms with Crippen molar-refractivity contribution in [2.75, 3.05) is 4.72 Å². The molecule has 0 amide bonds. The van der Waals surface area contributed by atoms with E-state index in [1.165, 1.54) is 12.1 Å². The minimum Gasteiger partial charge on any atom is -0.282 e. The SMILES string of the molecule is O=S(=O)(O)Nc1cccc(S(=O)(=O)O)c1. The minimum absolute atomic E-state index is 0.173. The lowest BCUT2D eigenvalue weighted by Crippen LogP contribution is -2.10. The maximum absolute atomic E-state index is 10.7. The second-order valence-corrected chi connectivity index (χ2v) is 5.16. The summed E-state index contributed by atoms with van der Waals surface area (Å²) < 4.78 is 60.8. The molecule has 0 aliphatic carbocycles. The van der Waals surface area contributed by atoms with Crippen LogP contribution in [0.3, 0.4) is 0 Å². The van der Waals surface area contributed by atoms with Crippen LogP contribution < -0.4 is 4.72 Å². The Kier molecular flexibility index (Phi) is 3.00. The van der Waals surface area contributed by atoms with Crippen LogP contribution in [0.4, 0.5) is 5.69 Å². The van der Waals surface area contributed by atoms with Crippen LogP contribution in [0.25, 0.3) is 0 Å². The Morgan fingerprint density at radius 2 is 1.67 bits per heavy atom. The predicted molar refractivity (Wildman–Crippen MR) is 51.4 cm³/mol. The van der Waals surface area contributed by atoms with Gasteiger partial charge >= 0.3 is 10.3 Å². The number of hydrogen-bond donors (Lipinski definition) is 3. The summed E-state index contributed by atoms with van der Waals surface area (Å²) in [6, 6.07) is 4.35. The molecular weight excluding hydrogens is 246 g/mol. The van der Waals surface area contributed by atoms with E-state index in [4.69, 9.17) is 9.11 Å². The predicted octanol–water partition coefficient (Wildman–Crippen LogP) is 0.148. The van der Waals surface area contributed by atoms with Crippen molar-refractivity contribution < 1.29 is 25.9 Å². The van der Waals surface area contributed by atoms with E-state index in [9.17, 15) is 16.8 Å². The van der Waals surface area contributed by atoms with Gasteiger partial charge in [0.1, 0.15) is 0 Å². The number of benzene rings is 1. The summed E-state index contributed by atoms with van der Waals surface area (Å²) in [4.78, 5) is -0.476. The second-order valence-electron chi connectivity index (χ2n) is 2.58. The molecule has 84 valence electrons. The molecule has 1 aromatic rings. The van der Waals surface area contributed by atoms with E-state index in [1.54, 1.807) is 4.72 Å². The average molecular weight is 253 g/mol. The van der Waals surface area contributed by atoms with Crippen LogP contribution >= 0.6 is 0 Å². The summed E-state index contributed by atoms with van der Waals surface area (Å²) in [5.41, 5.74) is -0.173. The van der Waals surface area contributed by atoms with Crippen LogP contribution in [0.15, 0.2) is 29.2 Å². The van der Waals surface area contributed by atoms with Gasteiger partial charge in [0, 0.05) is 0 Å². The summed E-state index contributed by atoms with van der Waals surface area (Å²) in [5, 5.41) is 0. The van der Waals surface area contributed by atoms with Gasteiger partial charge in [0.25, 0.3) is 10.1 Å². The molecule has 0 aliphatic heterocycles. The fourth-order valence-corrected chi connectivity index (χ4v) is 1.82. The molecule has 7 nitrogen and oxygen atoms in total. The van der Waals surface area contributed by atoms with Crippen molar-refractivity contribution in [2.24, 2.45) is 0 Å². The molecule has 0 heterocycles. The van der Waals surface area contributed by atoms with Gasteiger partial charge in [0.2, 0.25) is 0 Å². The highest BCUT2D eigenvalue weighted by Gasteiger charge is 2.11. The third kappa shape index (κ3) is 3.83. The molecule has 3 N–H and O–H groups in total. The Morgan fingerprint density at radius 1 is 1.07 bits per heavy atom. The van der Waals surface area contributed by atoms with Gasteiger partial charge in [-0.05, 0) is 18.2 Å². The highest BCUT2D eigenvalue weighted by molar-refractivity contribution is 7.87. The Hall–Kier alpha value is -1.16. The minimum atomic E-state index is -4.47. The van der Waals surface area contributed by atoms with Crippen LogP contribution in [-0.4, -0.2) is 25.9 Å². The molecule has 9 heteroatoms. The van der Waals surface area contributed by atoms with E-state index in [1.807, 2.05) is 0 Å². The lowest BCUT2D eigenvalue weighted by molar-refractivity contribution is 0.482. The molecule has 1 rings (SSSR count). The summed E-state index contributed by atoms with van der Waals surface area (Å²) >= 11 is 0. The largest absolute Gasteiger partial charge is 0.357 e. The smallest absolute Gasteiger partial charge is 0.282 e. The van der Waals surface area contributed by atoms with Crippen molar-refractivity contribution >= 4 is 26.1 Å². The van der Waals surface area contributed by atoms with Gasteiger partial charge in [-0.1, -0.05) is 6.07 Å². The summed E-state index contributed by atoms with van der Waals surface area (Å²) in [6.07, 6.45) is 0. The van der Waals surface area contributed by atoms with Crippen molar-refractivity contribution in [3.05, 3.63) is 24.3 Å². The van der Waals surface area contributed by atoms with Crippen LogP contribution in [0, 0.1) is 0 Å². The van der Waals surface area contributed by atoms with Crippen LogP contribution in [0.1, 0.15) is 0 Å². The number of hydrogen-bond acceptors (Lipinski definition) is 4. The standard InChI is InChI=1S/C6H7NO6S2/c8-14(9,10)6-3-1-2-5(4-6)7-15(11,12)13/h1-4,7H,(H,8,9,10)(H,11,12,13). The molecule has 0 aromatic heterocycles. The highest BCUT2D eigenvalue weighted by atomic mass is 32.2. The Labute approximate surface area is 86.4 Å². The lowest BCUT2D eigenvalue weighted by Gasteiger charge is -2.03. The van der Waals surface area contributed by atoms with Crippen LogP contribution in [0.2, 0.25) is 0 Å². The summed E-state index contributed by atoms with van der Waals surface area (Å²) in [5.74, 6) is 0. The molecule has 0 saturated carbocycles. The van der Waals surface area contributed by atoms with E-state index in [0.29, 0.717) is 0 Å². The van der Waals surface area contributed by atoms with Gasteiger partial charge in [-0.3, -0.25) is 13.8 Å². The van der Waals surface area contributed by atoms with Crippen molar-refractivity contribution in [1.29, 1.82) is 0 Å². The molecular formula is C6H7NO6S2. The number of nitrogens with one attached hydrogen (secondary N) is 1. The van der Waals surface area contributed by atoms with Gasteiger partial charge < -0.3 is 0 Å².